The number of aliphatic hydroxyl groups is 1. The van der Waals surface area contributed by atoms with Gasteiger partial charge in [-0.3, -0.25) is 4.68 Å². The number of hydrogen-bond acceptors (Lipinski definition) is 2. The zero-order chi connectivity index (χ0) is 11.8. The molecule has 0 saturated heterocycles. The van der Waals surface area contributed by atoms with Crippen molar-refractivity contribution in [2.45, 2.75) is 52.2 Å². The number of nitrogens with zero attached hydrogens (tertiary/aromatic N) is 2. The lowest BCUT2D eigenvalue weighted by molar-refractivity contribution is -0.0627. The summed E-state index contributed by atoms with van der Waals surface area (Å²) in [5.41, 5.74) is 0.332. The van der Waals surface area contributed by atoms with Crippen LogP contribution in [-0.2, 0) is 12.1 Å². The molecule has 1 aromatic heterocycles. The Bertz CT molecular complexity index is 361. The van der Waals surface area contributed by atoms with Gasteiger partial charge in [0.15, 0.2) is 0 Å². The van der Waals surface area contributed by atoms with Crippen molar-refractivity contribution in [3.8, 4) is 0 Å². The smallest absolute Gasteiger partial charge is 0.0954 e. The van der Waals surface area contributed by atoms with Crippen LogP contribution in [0.25, 0.3) is 0 Å². The van der Waals surface area contributed by atoms with Gasteiger partial charge in [-0.1, -0.05) is 20.3 Å². The van der Waals surface area contributed by atoms with Gasteiger partial charge in [-0.2, -0.15) is 5.10 Å². The molecule has 3 heteroatoms. The summed E-state index contributed by atoms with van der Waals surface area (Å²) in [5.74, 6) is 0.935. The minimum atomic E-state index is -0.662. The minimum Gasteiger partial charge on any atom is -0.385 e. The van der Waals surface area contributed by atoms with Crippen molar-refractivity contribution in [2.75, 3.05) is 0 Å². The van der Waals surface area contributed by atoms with Gasteiger partial charge in [0.1, 0.15) is 0 Å². The Morgan fingerprint density at radius 2 is 2.25 bits per heavy atom. The normalized spacial score (nSPS) is 35.2. The number of aryl methyl sites for hydroxylation is 1. The molecule has 0 aromatic carbocycles. The maximum atomic E-state index is 10.8. The van der Waals surface area contributed by atoms with Gasteiger partial charge >= 0.3 is 0 Å². The van der Waals surface area contributed by atoms with E-state index in [1.165, 1.54) is 6.42 Å². The molecular formula is C13H22N2O. The molecule has 0 radical (unpaired) electrons. The molecular weight excluding hydrogens is 200 g/mol. The lowest BCUT2D eigenvalue weighted by Gasteiger charge is -2.40. The number of hydrogen-bond donors (Lipinski definition) is 1. The first-order valence-corrected chi connectivity index (χ1v) is 6.31. The Balaban J connectivity index is 2.28. The first-order valence-electron chi connectivity index (χ1n) is 6.31. The van der Waals surface area contributed by atoms with E-state index in [0.29, 0.717) is 11.8 Å². The standard InChI is InChI=1S/C13H22N2O/c1-4-15-9-12(8-14-15)13(16)7-10(2)5-6-11(13)3/h8-11,16H,4-7H2,1-3H3. The van der Waals surface area contributed by atoms with Crippen molar-refractivity contribution in [3.05, 3.63) is 18.0 Å². The zero-order valence-corrected chi connectivity index (χ0v) is 10.5. The molecule has 16 heavy (non-hydrogen) atoms. The van der Waals surface area contributed by atoms with Crippen molar-refractivity contribution in [2.24, 2.45) is 11.8 Å². The molecule has 3 atom stereocenters. The summed E-state index contributed by atoms with van der Waals surface area (Å²) < 4.78 is 1.89. The van der Waals surface area contributed by atoms with Crippen LogP contribution in [-0.4, -0.2) is 14.9 Å². The van der Waals surface area contributed by atoms with Crippen LogP contribution in [0.3, 0.4) is 0 Å². The van der Waals surface area contributed by atoms with Gasteiger partial charge in [-0.05, 0) is 31.6 Å². The van der Waals surface area contributed by atoms with Crippen LogP contribution in [0.1, 0.15) is 45.6 Å². The summed E-state index contributed by atoms with van der Waals surface area (Å²) in [7, 11) is 0. The zero-order valence-electron chi connectivity index (χ0n) is 10.5. The molecule has 1 aromatic rings. The van der Waals surface area contributed by atoms with Gasteiger partial charge in [-0.25, -0.2) is 0 Å². The molecule has 1 N–H and O–H groups in total. The van der Waals surface area contributed by atoms with Crippen LogP contribution in [0.5, 0.6) is 0 Å². The van der Waals surface area contributed by atoms with Gasteiger partial charge in [-0.15, -0.1) is 0 Å². The van der Waals surface area contributed by atoms with Gasteiger partial charge in [0.05, 0.1) is 11.8 Å². The van der Waals surface area contributed by atoms with Crippen molar-refractivity contribution in [3.63, 3.8) is 0 Å². The van der Waals surface area contributed by atoms with E-state index in [1.807, 2.05) is 17.1 Å². The Hall–Kier alpha value is -0.830. The first kappa shape index (κ1) is 11.6. The van der Waals surface area contributed by atoms with Crippen LogP contribution in [0.2, 0.25) is 0 Å². The third-order valence-electron chi connectivity index (χ3n) is 4.02. The molecule has 1 aliphatic rings. The maximum Gasteiger partial charge on any atom is 0.0954 e. The fourth-order valence-electron chi connectivity index (χ4n) is 2.77. The number of aromatic nitrogens is 2. The molecule has 90 valence electrons. The molecule has 0 aliphatic heterocycles. The second kappa shape index (κ2) is 4.21. The molecule has 1 aliphatic carbocycles. The predicted octanol–water partition coefficient (Wildman–Crippen LogP) is 2.55. The fraction of sp³-hybridized carbons (Fsp3) is 0.769. The van der Waals surface area contributed by atoms with Crippen molar-refractivity contribution in [1.29, 1.82) is 0 Å². The second-order valence-electron chi connectivity index (χ2n) is 5.30. The molecule has 3 unspecified atom stereocenters. The molecule has 0 amide bonds. The Labute approximate surface area is 97.5 Å². The lowest BCUT2D eigenvalue weighted by atomic mass is 9.69. The highest BCUT2D eigenvalue weighted by Gasteiger charge is 2.41. The van der Waals surface area contributed by atoms with Crippen LogP contribution >= 0.6 is 0 Å². The van der Waals surface area contributed by atoms with Gasteiger partial charge in [0, 0.05) is 18.3 Å². The van der Waals surface area contributed by atoms with E-state index in [1.54, 1.807) is 0 Å². The summed E-state index contributed by atoms with van der Waals surface area (Å²) in [6.45, 7) is 7.30. The quantitative estimate of drug-likeness (QED) is 0.835. The van der Waals surface area contributed by atoms with Crippen LogP contribution in [0.15, 0.2) is 12.4 Å². The monoisotopic (exact) mass is 222 g/mol. The van der Waals surface area contributed by atoms with Crippen LogP contribution in [0, 0.1) is 11.8 Å². The fourth-order valence-corrected chi connectivity index (χ4v) is 2.77. The third kappa shape index (κ3) is 1.88. The van der Waals surface area contributed by atoms with Gasteiger partial charge in [0.25, 0.3) is 0 Å². The molecule has 1 saturated carbocycles. The molecule has 1 heterocycles. The summed E-state index contributed by atoms with van der Waals surface area (Å²) in [6.07, 6.45) is 7.02. The van der Waals surface area contributed by atoms with E-state index in [4.69, 9.17) is 0 Å². The van der Waals surface area contributed by atoms with Crippen molar-refractivity contribution in [1.82, 2.24) is 9.78 Å². The van der Waals surface area contributed by atoms with Crippen molar-refractivity contribution >= 4 is 0 Å². The molecule has 0 bridgehead atoms. The van der Waals surface area contributed by atoms with E-state index in [2.05, 4.69) is 25.9 Å². The topological polar surface area (TPSA) is 38.0 Å². The maximum absolute atomic E-state index is 10.8. The highest BCUT2D eigenvalue weighted by atomic mass is 16.3. The summed E-state index contributed by atoms with van der Waals surface area (Å²) in [5, 5.41) is 15.1. The van der Waals surface area contributed by atoms with E-state index < -0.39 is 5.60 Å². The SMILES string of the molecule is CCn1cc(C2(O)CC(C)CCC2C)cn1. The summed E-state index contributed by atoms with van der Waals surface area (Å²) >= 11 is 0. The largest absolute Gasteiger partial charge is 0.385 e. The second-order valence-corrected chi connectivity index (χ2v) is 5.30. The van der Waals surface area contributed by atoms with E-state index in [-0.39, 0.29) is 0 Å². The van der Waals surface area contributed by atoms with E-state index in [0.717, 1.165) is 24.9 Å². The Morgan fingerprint density at radius 1 is 1.50 bits per heavy atom. The van der Waals surface area contributed by atoms with Crippen molar-refractivity contribution < 1.29 is 5.11 Å². The third-order valence-corrected chi connectivity index (χ3v) is 4.02. The number of rotatable bonds is 2. The van der Waals surface area contributed by atoms with Crippen LogP contribution < -0.4 is 0 Å². The van der Waals surface area contributed by atoms with Crippen LogP contribution in [0.4, 0.5) is 0 Å². The summed E-state index contributed by atoms with van der Waals surface area (Å²) in [6, 6.07) is 0. The van der Waals surface area contributed by atoms with Gasteiger partial charge in [0.2, 0.25) is 0 Å². The highest BCUT2D eigenvalue weighted by Crippen LogP contribution is 2.43. The van der Waals surface area contributed by atoms with E-state index in [9.17, 15) is 5.11 Å². The molecule has 3 nitrogen and oxygen atoms in total. The molecule has 0 spiro atoms. The van der Waals surface area contributed by atoms with E-state index >= 15 is 0 Å². The summed E-state index contributed by atoms with van der Waals surface area (Å²) in [4.78, 5) is 0. The minimum absolute atomic E-state index is 0.332. The highest BCUT2D eigenvalue weighted by molar-refractivity contribution is 5.17. The average molecular weight is 222 g/mol. The Morgan fingerprint density at radius 3 is 2.88 bits per heavy atom. The average Bonchev–Trinajstić information content (AvgIpc) is 2.73. The van der Waals surface area contributed by atoms with Gasteiger partial charge < -0.3 is 5.11 Å². The Kier molecular flexibility index (Phi) is 3.06. The lowest BCUT2D eigenvalue weighted by Crippen LogP contribution is -2.38. The first-order chi connectivity index (χ1) is 7.56. The predicted molar refractivity (Wildman–Crippen MR) is 64.0 cm³/mol. The molecule has 1 fully saturated rings. The molecule has 2 rings (SSSR count).